The average Bonchev–Trinajstić information content (AvgIpc) is 3.21. The molecule has 0 radical (unpaired) electrons. The number of benzene rings is 1. The van der Waals surface area contributed by atoms with E-state index in [0.717, 1.165) is 44.6 Å². The van der Waals surface area contributed by atoms with E-state index < -0.39 is 0 Å². The van der Waals surface area contributed by atoms with Crippen LogP contribution in [-0.2, 0) is 17.8 Å². The van der Waals surface area contributed by atoms with Crippen LogP contribution >= 0.6 is 22.9 Å². The number of carbonyl (C=O) groups excluding carboxylic acids is 1. The monoisotopic (exact) mass is 420 g/mol. The van der Waals surface area contributed by atoms with E-state index in [1.54, 1.807) is 6.07 Å². The number of hydrogen-bond acceptors (Lipinski definition) is 5. The molecule has 2 aliphatic rings. The number of ether oxygens (including phenoxy) is 2. The van der Waals surface area contributed by atoms with Crippen molar-refractivity contribution in [1.82, 2.24) is 10.2 Å². The molecular formula is C21H25ClN2O3S. The minimum atomic E-state index is 0.0220. The summed E-state index contributed by atoms with van der Waals surface area (Å²) in [5.41, 5.74) is 0.845. The van der Waals surface area contributed by atoms with E-state index in [9.17, 15) is 4.79 Å². The molecule has 0 unspecified atom stereocenters. The molecule has 1 aromatic heterocycles. The van der Waals surface area contributed by atoms with Gasteiger partial charge >= 0.3 is 0 Å². The lowest BCUT2D eigenvalue weighted by Gasteiger charge is -2.31. The largest absolute Gasteiger partial charge is 0.486 e. The number of thiophene rings is 1. The van der Waals surface area contributed by atoms with Crippen LogP contribution in [0.4, 0.5) is 0 Å². The Morgan fingerprint density at radius 2 is 2.07 bits per heavy atom. The fourth-order valence-corrected chi connectivity index (χ4v) is 4.78. The van der Waals surface area contributed by atoms with Gasteiger partial charge in [-0.15, -0.1) is 11.3 Å². The Hall–Kier alpha value is -1.76. The van der Waals surface area contributed by atoms with Crippen molar-refractivity contribution >= 4 is 28.8 Å². The van der Waals surface area contributed by atoms with E-state index in [4.69, 9.17) is 21.1 Å². The maximum Gasteiger partial charge on any atom is 0.224 e. The van der Waals surface area contributed by atoms with E-state index >= 15 is 0 Å². The number of amides is 1. The second-order valence-electron chi connectivity index (χ2n) is 7.38. The van der Waals surface area contributed by atoms with Crippen LogP contribution in [0.1, 0.15) is 23.3 Å². The van der Waals surface area contributed by atoms with Gasteiger partial charge in [0.1, 0.15) is 13.2 Å². The molecule has 0 bridgehead atoms. The summed E-state index contributed by atoms with van der Waals surface area (Å²) >= 11 is 8.07. The molecule has 0 spiro atoms. The number of piperidine rings is 1. The van der Waals surface area contributed by atoms with Gasteiger partial charge in [0.2, 0.25) is 5.91 Å². The van der Waals surface area contributed by atoms with Gasteiger partial charge in [0.05, 0.1) is 11.4 Å². The van der Waals surface area contributed by atoms with Crippen LogP contribution in [0.25, 0.3) is 0 Å². The van der Waals surface area contributed by atoms with Gasteiger partial charge in [-0.2, -0.15) is 0 Å². The van der Waals surface area contributed by atoms with Crippen molar-refractivity contribution in [3.63, 3.8) is 0 Å². The van der Waals surface area contributed by atoms with E-state index in [0.29, 0.717) is 42.1 Å². The molecule has 3 heterocycles. The summed E-state index contributed by atoms with van der Waals surface area (Å²) in [5.74, 6) is 1.77. The molecular weight excluding hydrogens is 396 g/mol. The fourth-order valence-electron chi connectivity index (χ4n) is 3.74. The van der Waals surface area contributed by atoms with Crippen molar-refractivity contribution in [2.75, 3.05) is 32.8 Å². The maximum atomic E-state index is 12.4. The zero-order valence-electron chi connectivity index (χ0n) is 15.8. The molecule has 1 N–H and O–H groups in total. The van der Waals surface area contributed by atoms with E-state index in [2.05, 4.69) is 27.7 Å². The Balaban J connectivity index is 1.21. The van der Waals surface area contributed by atoms with Crippen molar-refractivity contribution < 1.29 is 14.3 Å². The molecule has 0 saturated carbocycles. The molecule has 28 heavy (non-hydrogen) atoms. The average molecular weight is 421 g/mol. The van der Waals surface area contributed by atoms with Crippen LogP contribution in [0.5, 0.6) is 11.5 Å². The zero-order chi connectivity index (χ0) is 19.3. The highest BCUT2D eigenvalue weighted by Crippen LogP contribution is 2.38. The first-order valence-electron chi connectivity index (χ1n) is 9.77. The Labute approximate surface area is 174 Å². The van der Waals surface area contributed by atoms with Gasteiger partial charge in [-0.1, -0.05) is 17.7 Å². The number of halogens is 1. The Kier molecular flexibility index (Phi) is 6.40. The highest BCUT2D eigenvalue weighted by Gasteiger charge is 2.21. The van der Waals surface area contributed by atoms with Crippen molar-refractivity contribution in [1.29, 1.82) is 0 Å². The second-order valence-corrected chi connectivity index (χ2v) is 8.82. The third kappa shape index (κ3) is 4.99. The normalized spacial score (nSPS) is 17.5. The standard InChI is InChI=1S/C21H25ClN2O3S/c22-18-10-16(11-19-21(18)27-8-7-26-19)12-20(25)23-13-15-3-5-24(6-4-15)14-17-2-1-9-28-17/h1-2,9-11,15H,3-8,12-14H2,(H,23,25). The SMILES string of the molecule is O=C(Cc1cc(Cl)c2c(c1)OCCO2)NCC1CCN(Cc2cccs2)CC1. The summed E-state index contributed by atoms with van der Waals surface area (Å²) in [6, 6.07) is 7.94. The molecule has 4 rings (SSSR count). The van der Waals surface area contributed by atoms with Crippen molar-refractivity contribution in [2.24, 2.45) is 5.92 Å². The molecule has 1 amide bonds. The van der Waals surface area contributed by atoms with Gasteiger partial charge in [0, 0.05) is 18.0 Å². The smallest absolute Gasteiger partial charge is 0.224 e. The lowest BCUT2D eigenvalue weighted by molar-refractivity contribution is -0.120. The molecule has 2 aromatic rings. The molecule has 0 atom stereocenters. The highest BCUT2D eigenvalue weighted by molar-refractivity contribution is 7.09. The molecule has 150 valence electrons. The zero-order valence-corrected chi connectivity index (χ0v) is 17.4. The summed E-state index contributed by atoms with van der Waals surface area (Å²) in [5, 5.41) is 5.72. The molecule has 2 aliphatic heterocycles. The quantitative estimate of drug-likeness (QED) is 0.773. The minimum Gasteiger partial charge on any atom is -0.486 e. The van der Waals surface area contributed by atoms with Gasteiger partial charge in [0.15, 0.2) is 11.5 Å². The van der Waals surface area contributed by atoms with Crippen molar-refractivity contribution in [3.05, 3.63) is 45.1 Å². The van der Waals surface area contributed by atoms with Crippen LogP contribution in [0.2, 0.25) is 5.02 Å². The molecule has 0 aliphatic carbocycles. The summed E-state index contributed by atoms with van der Waals surface area (Å²) in [7, 11) is 0. The Morgan fingerprint density at radius 3 is 2.86 bits per heavy atom. The summed E-state index contributed by atoms with van der Waals surface area (Å²) in [4.78, 5) is 16.3. The van der Waals surface area contributed by atoms with Crippen LogP contribution in [0.3, 0.4) is 0 Å². The van der Waals surface area contributed by atoms with Crippen molar-refractivity contribution in [2.45, 2.75) is 25.8 Å². The van der Waals surface area contributed by atoms with Gasteiger partial charge < -0.3 is 14.8 Å². The number of nitrogens with one attached hydrogen (secondary N) is 1. The second kappa shape index (κ2) is 9.16. The van der Waals surface area contributed by atoms with Crippen LogP contribution < -0.4 is 14.8 Å². The summed E-state index contributed by atoms with van der Waals surface area (Å²) in [6.45, 7) is 4.97. The lowest BCUT2D eigenvalue weighted by Crippen LogP contribution is -2.38. The Bertz CT molecular complexity index is 804. The van der Waals surface area contributed by atoms with Gasteiger partial charge in [-0.25, -0.2) is 0 Å². The third-order valence-corrected chi connectivity index (χ3v) is 6.42. The first kappa shape index (κ1) is 19.6. The van der Waals surface area contributed by atoms with Crippen LogP contribution in [0.15, 0.2) is 29.6 Å². The van der Waals surface area contributed by atoms with Crippen LogP contribution in [-0.4, -0.2) is 43.7 Å². The minimum absolute atomic E-state index is 0.0220. The number of carbonyl (C=O) groups is 1. The predicted molar refractivity (Wildman–Crippen MR) is 111 cm³/mol. The number of nitrogens with zero attached hydrogens (tertiary/aromatic N) is 1. The van der Waals surface area contributed by atoms with Crippen LogP contribution in [0, 0.1) is 5.92 Å². The molecule has 1 saturated heterocycles. The van der Waals surface area contributed by atoms with Gasteiger partial charge in [-0.3, -0.25) is 9.69 Å². The van der Waals surface area contributed by atoms with E-state index in [1.807, 2.05) is 17.4 Å². The Morgan fingerprint density at radius 1 is 1.25 bits per heavy atom. The van der Waals surface area contributed by atoms with Crippen molar-refractivity contribution in [3.8, 4) is 11.5 Å². The van der Waals surface area contributed by atoms with Gasteiger partial charge in [-0.05, 0) is 61.0 Å². The summed E-state index contributed by atoms with van der Waals surface area (Å²) < 4.78 is 11.1. The van der Waals surface area contributed by atoms with E-state index in [1.165, 1.54) is 4.88 Å². The first-order valence-corrected chi connectivity index (χ1v) is 11.0. The first-order chi connectivity index (χ1) is 13.7. The number of fused-ring (bicyclic) bond motifs is 1. The third-order valence-electron chi connectivity index (χ3n) is 5.28. The van der Waals surface area contributed by atoms with Gasteiger partial charge in [0.25, 0.3) is 0 Å². The summed E-state index contributed by atoms with van der Waals surface area (Å²) in [6.07, 6.45) is 2.55. The number of likely N-dealkylation sites (tertiary alicyclic amines) is 1. The number of hydrogen-bond donors (Lipinski definition) is 1. The maximum absolute atomic E-state index is 12.4. The number of rotatable bonds is 6. The lowest BCUT2D eigenvalue weighted by atomic mass is 9.96. The van der Waals surface area contributed by atoms with E-state index in [-0.39, 0.29) is 5.91 Å². The fraction of sp³-hybridized carbons (Fsp3) is 0.476. The topological polar surface area (TPSA) is 50.8 Å². The molecule has 1 fully saturated rings. The molecule has 5 nitrogen and oxygen atoms in total. The highest BCUT2D eigenvalue weighted by atomic mass is 35.5. The molecule has 1 aromatic carbocycles. The predicted octanol–water partition coefficient (Wildman–Crippen LogP) is 3.74. The molecule has 7 heteroatoms.